The monoisotopic (exact) mass is 442 g/mol. The molecule has 0 aliphatic rings. The summed E-state index contributed by atoms with van der Waals surface area (Å²) in [6, 6.07) is 11.9. The van der Waals surface area contributed by atoms with Crippen molar-refractivity contribution in [2.45, 2.75) is 13.5 Å². The zero-order valence-electron chi connectivity index (χ0n) is 12.8. The Morgan fingerprint density at radius 3 is 2.57 bits per heavy atom. The molecule has 3 nitrogen and oxygen atoms in total. The number of carbonyl (C=O) groups excluding carboxylic acids is 1. The Kier molecular flexibility index (Phi) is 6.47. The van der Waals surface area contributed by atoms with Crippen LogP contribution in [0.5, 0.6) is 11.5 Å². The molecule has 0 heterocycles. The molecule has 2 rings (SSSR count). The molecule has 5 heteroatoms. The molecule has 0 fully saturated rings. The number of carbonyl (C=O) groups is 1. The summed E-state index contributed by atoms with van der Waals surface area (Å²) in [5, 5.41) is -0.515. The van der Waals surface area contributed by atoms with E-state index in [1.807, 2.05) is 24.3 Å². The lowest BCUT2D eigenvalue weighted by Crippen LogP contribution is -2.00. The number of methoxy groups -OCH3 is 1. The van der Waals surface area contributed by atoms with Crippen molar-refractivity contribution < 1.29 is 14.3 Å². The molecule has 0 aliphatic carbocycles. The minimum atomic E-state index is -0.515. The number of ether oxygens (including phenoxy) is 2. The van der Waals surface area contributed by atoms with E-state index >= 15 is 0 Å². The SMILES string of the molecule is COc1cc(/C=C/C(=O)Cl)cc(I)c1OCc1ccc(C)cc1. The summed E-state index contributed by atoms with van der Waals surface area (Å²) in [4.78, 5) is 10.8. The van der Waals surface area contributed by atoms with Gasteiger partial charge in [0.25, 0.3) is 0 Å². The molecule has 2 aromatic carbocycles. The van der Waals surface area contributed by atoms with E-state index in [0.29, 0.717) is 18.1 Å². The van der Waals surface area contributed by atoms with E-state index in [0.717, 1.165) is 14.7 Å². The van der Waals surface area contributed by atoms with Crippen molar-refractivity contribution in [1.82, 2.24) is 0 Å². The quantitative estimate of drug-likeness (QED) is 0.360. The summed E-state index contributed by atoms with van der Waals surface area (Å²) in [5.74, 6) is 1.30. The molecule has 0 atom stereocenters. The first-order valence-electron chi connectivity index (χ1n) is 6.93. The van der Waals surface area contributed by atoms with Crippen molar-refractivity contribution >= 4 is 45.5 Å². The van der Waals surface area contributed by atoms with Crippen molar-refractivity contribution in [2.75, 3.05) is 7.11 Å². The van der Waals surface area contributed by atoms with Crippen LogP contribution in [0.1, 0.15) is 16.7 Å². The highest BCUT2D eigenvalue weighted by atomic mass is 127. The van der Waals surface area contributed by atoms with E-state index in [1.165, 1.54) is 11.6 Å². The minimum absolute atomic E-state index is 0.460. The number of allylic oxidation sites excluding steroid dienone is 1. The van der Waals surface area contributed by atoms with Crippen molar-refractivity contribution in [1.29, 1.82) is 0 Å². The molecule has 0 aliphatic heterocycles. The van der Waals surface area contributed by atoms with Crippen LogP contribution in [0.15, 0.2) is 42.5 Å². The molecule has 120 valence electrons. The molecule has 0 amide bonds. The Balaban J connectivity index is 2.20. The van der Waals surface area contributed by atoms with Crippen LogP contribution in [0.25, 0.3) is 6.08 Å². The lowest BCUT2D eigenvalue weighted by molar-refractivity contribution is -0.107. The maximum absolute atomic E-state index is 10.8. The van der Waals surface area contributed by atoms with Gasteiger partial charge in [0, 0.05) is 0 Å². The van der Waals surface area contributed by atoms with E-state index in [2.05, 4.69) is 41.6 Å². The number of halogens is 2. The first-order valence-corrected chi connectivity index (χ1v) is 8.38. The Labute approximate surface area is 154 Å². The molecule has 0 bridgehead atoms. The van der Waals surface area contributed by atoms with E-state index in [9.17, 15) is 4.79 Å². The van der Waals surface area contributed by atoms with Crippen LogP contribution in [-0.2, 0) is 11.4 Å². The van der Waals surface area contributed by atoms with Gasteiger partial charge in [0.1, 0.15) is 6.61 Å². The Bertz CT molecular complexity index is 724. The Hall–Kier alpha value is -1.53. The summed E-state index contributed by atoms with van der Waals surface area (Å²) in [7, 11) is 1.59. The second-order valence-corrected chi connectivity index (χ2v) is 6.48. The second-order valence-electron chi connectivity index (χ2n) is 4.95. The number of hydrogen-bond donors (Lipinski definition) is 0. The van der Waals surface area contributed by atoms with Crippen LogP contribution in [0.4, 0.5) is 0 Å². The van der Waals surface area contributed by atoms with Gasteiger partial charge in [-0.05, 0) is 76.5 Å². The standard InChI is InChI=1S/C18H16ClIO3/c1-12-3-5-13(6-4-12)11-23-18-15(20)9-14(7-8-17(19)21)10-16(18)22-2/h3-10H,11H2,1-2H3/b8-7+. The number of aryl methyl sites for hydroxylation is 1. The van der Waals surface area contributed by atoms with Crippen LogP contribution in [0.3, 0.4) is 0 Å². The summed E-state index contributed by atoms with van der Waals surface area (Å²) in [6.07, 6.45) is 2.95. The maximum atomic E-state index is 10.8. The van der Waals surface area contributed by atoms with Crippen LogP contribution < -0.4 is 9.47 Å². The second kappa shape index (κ2) is 8.36. The Morgan fingerprint density at radius 2 is 1.96 bits per heavy atom. The molecule has 0 saturated carbocycles. The average molecular weight is 443 g/mol. The normalized spacial score (nSPS) is 10.8. The van der Waals surface area contributed by atoms with Crippen molar-refractivity contribution in [3.05, 3.63) is 62.7 Å². The minimum Gasteiger partial charge on any atom is -0.493 e. The van der Waals surface area contributed by atoms with Gasteiger partial charge in [0.15, 0.2) is 11.5 Å². The first kappa shape index (κ1) is 17.8. The molecule has 2 aromatic rings. The summed E-state index contributed by atoms with van der Waals surface area (Å²) < 4.78 is 12.2. The highest BCUT2D eigenvalue weighted by Crippen LogP contribution is 2.35. The molecule has 0 spiro atoms. The van der Waals surface area contributed by atoms with E-state index in [4.69, 9.17) is 21.1 Å². The third-order valence-electron chi connectivity index (χ3n) is 3.16. The van der Waals surface area contributed by atoms with Gasteiger partial charge < -0.3 is 9.47 Å². The third-order valence-corrected chi connectivity index (χ3v) is 4.09. The number of rotatable bonds is 6. The zero-order valence-corrected chi connectivity index (χ0v) is 15.7. The van der Waals surface area contributed by atoms with E-state index in [-0.39, 0.29) is 0 Å². The van der Waals surface area contributed by atoms with Crippen LogP contribution in [0.2, 0.25) is 0 Å². The molecule has 0 radical (unpaired) electrons. The van der Waals surface area contributed by atoms with E-state index < -0.39 is 5.24 Å². The topological polar surface area (TPSA) is 35.5 Å². The molecular weight excluding hydrogens is 427 g/mol. The molecule has 0 aromatic heterocycles. The van der Waals surface area contributed by atoms with Gasteiger partial charge >= 0.3 is 0 Å². The predicted octanol–water partition coefficient (Wildman–Crippen LogP) is 4.97. The zero-order chi connectivity index (χ0) is 16.8. The van der Waals surface area contributed by atoms with Gasteiger partial charge in [-0.15, -0.1) is 0 Å². The summed E-state index contributed by atoms with van der Waals surface area (Å²) >= 11 is 7.50. The summed E-state index contributed by atoms with van der Waals surface area (Å²) in [5.41, 5.74) is 3.12. The van der Waals surface area contributed by atoms with Crippen molar-refractivity contribution in [3.8, 4) is 11.5 Å². The molecule has 0 N–H and O–H groups in total. The maximum Gasteiger partial charge on any atom is 0.245 e. The highest BCUT2D eigenvalue weighted by Gasteiger charge is 2.11. The lowest BCUT2D eigenvalue weighted by Gasteiger charge is -2.14. The fourth-order valence-electron chi connectivity index (χ4n) is 1.98. The smallest absolute Gasteiger partial charge is 0.245 e. The molecule has 23 heavy (non-hydrogen) atoms. The number of hydrogen-bond acceptors (Lipinski definition) is 3. The fourth-order valence-corrected chi connectivity index (χ4v) is 2.82. The van der Waals surface area contributed by atoms with Crippen molar-refractivity contribution in [3.63, 3.8) is 0 Å². The van der Waals surface area contributed by atoms with Gasteiger partial charge in [-0.2, -0.15) is 0 Å². The first-order chi connectivity index (χ1) is 11.0. The number of benzene rings is 2. The molecule has 0 saturated heterocycles. The van der Waals surface area contributed by atoms with Crippen LogP contribution in [0, 0.1) is 10.5 Å². The van der Waals surface area contributed by atoms with E-state index in [1.54, 1.807) is 13.2 Å². The van der Waals surface area contributed by atoms with Crippen LogP contribution in [-0.4, -0.2) is 12.4 Å². The fraction of sp³-hybridized carbons (Fsp3) is 0.167. The van der Waals surface area contributed by atoms with Crippen LogP contribution >= 0.6 is 34.2 Å². The van der Waals surface area contributed by atoms with Gasteiger partial charge in [0.05, 0.1) is 10.7 Å². The largest absolute Gasteiger partial charge is 0.493 e. The van der Waals surface area contributed by atoms with Gasteiger partial charge in [-0.25, -0.2) is 0 Å². The van der Waals surface area contributed by atoms with Gasteiger partial charge in [0.2, 0.25) is 5.24 Å². The third kappa shape index (κ3) is 5.25. The average Bonchev–Trinajstić information content (AvgIpc) is 2.53. The molecular formula is C18H16ClIO3. The molecule has 0 unspecified atom stereocenters. The van der Waals surface area contributed by atoms with Gasteiger partial charge in [-0.1, -0.05) is 29.8 Å². The van der Waals surface area contributed by atoms with Gasteiger partial charge in [-0.3, -0.25) is 4.79 Å². The highest BCUT2D eigenvalue weighted by molar-refractivity contribution is 14.1. The van der Waals surface area contributed by atoms with Crippen molar-refractivity contribution in [2.24, 2.45) is 0 Å². The predicted molar refractivity (Wildman–Crippen MR) is 101 cm³/mol. The Morgan fingerprint density at radius 1 is 1.26 bits per heavy atom. The lowest BCUT2D eigenvalue weighted by atomic mass is 10.1. The summed E-state index contributed by atoms with van der Waals surface area (Å²) in [6.45, 7) is 2.51.